The molecule has 1 amide bonds. The number of nitrogens with two attached hydrogens (primary N) is 1. The fraction of sp³-hybridized carbons (Fsp3) is 0.455. The third-order valence-electron chi connectivity index (χ3n) is 2.34. The molecule has 0 saturated carbocycles. The van der Waals surface area contributed by atoms with Gasteiger partial charge in [-0.3, -0.25) is 4.79 Å². The zero-order chi connectivity index (χ0) is 12.2. The minimum atomic E-state index is -0.474. The van der Waals surface area contributed by atoms with Crippen LogP contribution < -0.4 is 16.4 Å². The number of hydrogen-bond donors (Lipinski definition) is 3. The van der Waals surface area contributed by atoms with Gasteiger partial charge in [0.15, 0.2) is 0 Å². The van der Waals surface area contributed by atoms with Crippen LogP contribution in [0.3, 0.4) is 0 Å². The molecule has 88 valence electrons. The third-order valence-corrected chi connectivity index (χ3v) is 2.34. The minimum absolute atomic E-state index is 0.00422. The summed E-state index contributed by atoms with van der Waals surface area (Å²) in [5, 5.41) is 5.73. The lowest BCUT2D eigenvalue weighted by Gasteiger charge is -2.23. The number of nitrogens with one attached hydrogen (secondary N) is 2. The van der Waals surface area contributed by atoms with E-state index in [1.807, 2.05) is 13.8 Å². The summed E-state index contributed by atoms with van der Waals surface area (Å²) in [6, 6.07) is 3.55. The van der Waals surface area contributed by atoms with Gasteiger partial charge in [0, 0.05) is 13.6 Å². The van der Waals surface area contributed by atoms with E-state index in [2.05, 4.69) is 15.6 Å². The van der Waals surface area contributed by atoms with Crippen LogP contribution >= 0.6 is 0 Å². The molecular weight excluding hydrogens is 204 g/mol. The molecule has 16 heavy (non-hydrogen) atoms. The van der Waals surface area contributed by atoms with Crippen LogP contribution in [-0.2, 0) is 4.79 Å². The van der Waals surface area contributed by atoms with Crippen molar-refractivity contribution in [1.29, 1.82) is 0 Å². The van der Waals surface area contributed by atoms with Gasteiger partial charge in [-0.15, -0.1) is 0 Å². The molecule has 0 fully saturated rings. The number of anilines is 2. The Balaban J connectivity index is 2.57. The number of rotatable bonds is 4. The van der Waals surface area contributed by atoms with Gasteiger partial charge < -0.3 is 16.4 Å². The molecule has 5 nitrogen and oxygen atoms in total. The standard InChI is InChI=1S/C11H18N4O/c1-11(2,10(16)13-3)7-15-9-5-4-8(12)6-14-9/h4-6H,7,12H2,1-3H3,(H,13,16)(H,14,15). The first kappa shape index (κ1) is 12.3. The SMILES string of the molecule is CNC(=O)C(C)(C)CNc1ccc(N)cn1. The van der Waals surface area contributed by atoms with Crippen LogP contribution in [-0.4, -0.2) is 24.5 Å². The van der Waals surface area contributed by atoms with Crippen LogP contribution in [0.2, 0.25) is 0 Å². The molecule has 0 radical (unpaired) electrons. The van der Waals surface area contributed by atoms with Gasteiger partial charge in [0.1, 0.15) is 5.82 Å². The molecule has 0 aliphatic rings. The predicted molar refractivity (Wildman–Crippen MR) is 65.0 cm³/mol. The average Bonchev–Trinajstić information content (AvgIpc) is 2.27. The fourth-order valence-corrected chi connectivity index (χ4v) is 1.24. The summed E-state index contributed by atoms with van der Waals surface area (Å²) in [5.74, 6) is 0.710. The van der Waals surface area contributed by atoms with Crippen molar-refractivity contribution in [2.45, 2.75) is 13.8 Å². The monoisotopic (exact) mass is 222 g/mol. The maximum atomic E-state index is 11.5. The Kier molecular flexibility index (Phi) is 3.71. The number of nitrogens with zero attached hydrogens (tertiary/aromatic N) is 1. The highest BCUT2D eigenvalue weighted by molar-refractivity contribution is 5.82. The van der Waals surface area contributed by atoms with E-state index in [1.165, 1.54) is 0 Å². The summed E-state index contributed by atoms with van der Waals surface area (Å²) >= 11 is 0. The molecule has 0 spiro atoms. The van der Waals surface area contributed by atoms with E-state index in [0.717, 1.165) is 0 Å². The molecule has 1 aromatic rings. The molecule has 0 aliphatic heterocycles. The van der Waals surface area contributed by atoms with Gasteiger partial charge in [-0.05, 0) is 26.0 Å². The highest BCUT2D eigenvalue weighted by atomic mass is 16.2. The Bertz CT molecular complexity index is 359. The van der Waals surface area contributed by atoms with Crippen molar-refractivity contribution in [3.05, 3.63) is 18.3 Å². The van der Waals surface area contributed by atoms with E-state index in [0.29, 0.717) is 18.1 Å². The highest BCUT2D eigenvalue weighted by Crippen LogP contribution is 2.16. The molecule has 4 N–H and O–H groups in total. The largest absolute Gasteiger partial charge is 0.397 e. The number of carbonyl (C=O) groups excluding carboxylic acids is 1. The zero-order valence-electron chi connectivity index (χ0n) is 9.87. The molecule has 1 aromatic heterocycles. The van der Waals surface area contributed by atoms with Crippen molar-refractivity contribution < 1.29 is 4.79 Å². The molecule has 0 aliphatic carbocycles. The van der Waals surface area contributed by atoms with Crippen molar-refractivity contribution in [3.63, 3.8) is 0 Å². The smallest absolute Gasteiger partial charge is 0.227 e. The van der Waals surface area contributed by atoms with E-state index in [9.17, 15) is 4.79 Å². The van der Waals surface area contributed by atoms with Crippen molar-refractivity contribution in [2.24, 2.45) is 5.41 Å². The number of pyridine rings is 1. The Morgan fingerprint density at radius 3 is 2.69 bits per heavy atom. The van der Waals surface area contributed by atoms with Crippen LogP contribution in [0.4, 0.5) is 11.5 Å². The normalized spacial score (nSPS) is 10.9. The van der Waals surface area contributed by atoms with Gasteiger partial charge in [0.05, 0.1) is 17.3 Å². The number of amides is 1. The van der Waals surface area contributed by atoms with E-state index in [1.54, 1.807) is 25.4 Å². The Hall–Kier alpha value is -1.78. The fourth-order valence-electron chi connectivity index (χ4n) is 1.24. The first-order valence-electron chi connectivity index (χ1n) is 5.13. The van der Waals surface area contributed by atoms with Crippen molar-refractivity contribution >= 4 is 17.4 Å². The number of carbonyl (C=O) groups is 1. The number of hydrogen-bond acceptors (Lipinski definition) is 4. The van der Waals surface area contributed by atoms with Crippen LogP contribution in [0.1, 0.15) is 13.8 Å². The van der Waals surface area contributed by atoms with Crippen LogP contribution in [0, 0.1) is 5.41 Å². The zero-order valence-corrected chi connectivity index (χ0v) is 9.87. The Labute approximate surface area is 95.4 Å². The summed E-state index contributed by atoms with van der Waals surface area (Å²) < 4.78 is 0. The van der Waals surface area contributed by atoms with Gasteiger partial charge >= 0.3 is 0 Å². The second-order valence-corrected chi connectivity index (χ2v) is 4.29. The molecule has 0 aromatic carbocycles. The van der Waals surface area contributed by atoms with Crippen LogP contribution in [0.15, 0.2) is 18.3 Å². The van der Waals surface area contributed by atoms with Gasteiger partial charge in [-0.25, -0.2) is 4.98 Å². The van der Waals surface area contributed by atoms with Crippen molar-refractivity contribution in [3.8, 4) is 0 Å². The van der Waals surface area contributed by atoms with Crippen LogP contribution in [0.5, 0.6) is 0 Å². The third kappa shape index (κ3) is 3.12. The van der Waals surface area contributed by atoms with Gasteiger partial charge in [-0.2, -0.15) is 0 Å². The topological polar surface area (TPSA) is 80.0 Å². The van der Waals surface area contributed by atoms with E-state index in [4.69, 9.17) is 5.73 Å². The number of aromatic nitrogens is 1. The molecule has 0 atom stereocenters. The van der Waals surface area contributed by atoms with Gasteiger partial charge in [-0.1, -0.05) is 0 Å². The number of nitrogen functional groups attached to an aromatic ring is 1. The molecule has 1 rings (SSSR count). The average molecular weight is 222 g/mol. The van der Waals surface area contributed by atoms with Crippen molar-refractivity contribution in [2.75, 3.05) is 24.6 Å². The first-order valence-corrected chi connectivity index (χ1v) is 5.13. The molecule has 0 unspecified atom stereocenters. The second-order valence-electron chi connectivity index (χ2n) is 4.29. The Morgan fingerprint density at radius 1 is 1.50 bits per heavy atom. The predicted octanol–water partition coefficient (Wildman–Crippen LogP) is 0.848. The quantitative estimate of drug-likeness (QED) is 0.705. The lowest BCUT2D eigenvalue weighted by Crippen LogP contribution is -2.39. The van der Waals surface area contributed by atoms with Gasteiger partial charge in [0.25, 0.3) is 0 Å². The van der Waals surface area contributed by atoms with Crippen LogP contribution in [0.25, 0.3) is 0 Å². The molecule has 1 heterocycles. The summed E-state index contributed by atoms with van der Waals surface area (Å²) in [5.41, 5.74) is 5.67. The highest BCUT2D eigenvalue weighted by Gasteiger charge is 2.26. The van der Waals surface area contributed by atoms with Gasteiger partial charge in [0.2, 0.25) is 5.91 Å². The lowest BCUT2D eigenvalue weighted by atomic mass is 9.92. The molecular formula is C11H18N4O. The lowest BCUT2D eigenvalue weighted by molar-refractivity contribution is -0.128. The summed E-state index contributed by atoms with van der Waals surface area (Å²) in [6.45, 7) is 4.26. The maximum absolute atomic E-state index is 11.5. The summed E-state index contributed by atoms with van der Waals surface area (Å²) in [7, 11) is 1.63. The van der Waals surface area contributed by atoms with Crippen molar-refractivity contribution in [1.82, 2.24) is 10.3 Å². The summed E-state index contributed by atoms with van der Waals surface area (Å²) in [6.07, 6.45) is 1.58. The summed E-state index contributed by atoms with van der Waals surface area (Å²) in [4.78, 5) is 15.6. The van der Waals surface area contributed by atoms with E-state index in [-0.39, 0.29) is 5.91 Å². The molecule has 5 heteroatoms. The molecule has 0 saturated heterocycles. The second kappa shape index (κ2) is 4.83. The van der Waals surface area contributed by atoms with E-state index < -0.39 is 5.41 Å². The van der Waals surface area contributed by atoms with E-state index >= 15 is 0 Å². The molecule has 0 bridgehead atoms. The minimum Gasteiger partial charge on any atom is -0.397 e. The first-order chi connectivity index (χ1) is 7.45. The maximum Gasteiger partial charge on any atom is 0.227 e. The Morgan fingerprint density at radius 2 is 2.19 bits per heavy atom.